The van der Waals surface area contributed by atoms with Crippen molar-refractivity contribution in [3.63, 3.8) is 0 Å². The first-order valence-electron chi connectivity index (χ1n) is 8.05. The highest BCUT2D eigenvalue weighted by Gasteiger charge is 2.43. The van der Waals surface area contributed by atoms with Crippen LogP contribution in [0, 0.1) is 0 Å². The van der Waals surface area contributed by atoms with Crippen molar-refractivity contribution in [1.82, 2.24) is 4.90 Å². The Kier molecular flexibility index (Phi) is 4.10. The Bertz CT molecular complexity index is 567. The van der Waals surface area contributed by atoms with E-state index >= 15 is 0 Å². The fourth-order valence-corrected chi connectivity index (χ4v) is 3.15. The van der Waals surface area contributed by atoms with Crippen molar-refractivity contribution in [2.75, 3.05) is 36.9 Å². The standard InChI is InChI=1S/C17H25N3O3/c1-17(2,3)23-16(21)19-10-14-15(11-19)22-9-8-20(14)13-6-4-12(18)5-7-13/h4-7,14-15H,8-11,18H2,1-3H3. The number of hydrogen-bond acceptors (Lipinski definition) is 5. The molecule has 2 fully saturated rings. The third-order valence-corrected chi connectivity index (χ3v) is 4.18. The molecule has 0 spiro atoms. The van der Waals surface area contributed by atoms with E-state index in [1.165, 1.54) is 0 Å². The number of nitrogen functional groups attached to an aromatic ring is 1. The molecule has 0 bridgehead atoms. The molecule has 2 heterocycles. The van der Waals surface area contributed by atoms with Crippen molar-refractivity contribution >= 4 is 17.5 Å². The topological polar surface area (TPSA) is 68.0 Å². The Morgan fingerprint density at radius 3 is 2.61 bits per heavy atom. The number of likely N-dealkylation sites (tertiary alicyclic amines) is 1. The van der Waals surface area contributed by atoms with Gasteiger partial charge in [-0.2, -0.15) is 0 Å². The van der Waals surface area contributed by atoms with Crippen LogP contribution in [0.25, 0.3) is 0 Å². The predicted octanol–water partition coefficient (Wildman–Crippen LogP) is 2.09. The number of carbonyl (C=O) groups excluding carboxylic acids is 1. The van der Waals surface area contributed by atoms with Crippen LogP contribution < -0.4 is 10.6 Å². The van der Waals surface area contributed by atoms with E-state index < -0.39 is 5.60 Å². The second-order valence-corrected chi connectivity index (χ2v) is 7.15. The van der Waals surface area contributed by atoms with Crippen molar-refractivity contribution < 1.29 is 14.3 Å². The summed E-state index contributed by atoms with van der Waals surface area (Å²) < 4.78 is 11.4. The molecule has 2 aliphatic rings. The van der Waals surface area contributed by atoms with Crippen LogP contribution in [0.1, 0.15) is 20.8 Å². The van der Waals surface area contributed by atoms with Crippen LogP contribution in [0.15, 0.2) is 24.3 Å². The molecular weight excluding hydrogens is 294 g/mol. The van der Waals surface area contributed by atoms with E-state index in [4.69, 9.17) is 15.2 Å². The van der Waals surface area contributed by atoms with Crippen LogP contribution in [0.2, 0.25) is 0 Å². The van der Waals surface area contributed by atoms with E-state index in [1.807, 2.05) is 45.0 Å². The molecule has 1 aromatic rings. The van der Waals surface area contributed by atoms with Crippen molar-refractivity contribution in [2.45, 2.75) is 38.5 Å². The molecule has 2 unspecified atom stereocenters. The predicted molar refractivity (Wildman–Crippen MR) is 89.5 cm³/mol. The molecule has 3 rings (SSSR count). The summed E-state index contributed by atoms with van der Waals surface area (Å²) in [6.07, 6.45) is -0.249. The molecule has 1 amide bonds. The first kappa shape index (κ1) is 15.9. The van der Waals surface area contributed by atoms with Gasteiger partial charge in [0.25, 0.3) is 0 Å². The van der Waals surface area contributed by atoms with E-state index in [-0.39, 0.29) is 18.2 Å². The molecule has 1 aromatic carbocycles. The van der Waals surface area contributed by atoms with Crippen LogP contribution in [0.4, 0.5) is 16.2 Å². The Morgan fingerprint density at radius 2 is 1.96 bits per heavy atom. The maximum atomic E-state index is 12.3. The van der Waals surface area contributed by atoms with E-state index in [2.05, 4.69) is 4.90 Å². The van der Waals surface area contributed by atoms with Gasteiger partial charge in [0.15, 0.2) is 0 Å². The van der Waals surface area contributed by atoms with Crippen LogP contribution in [0.3, 0.4) is 0 Å². The molecule has 126 valence electrons. The third-order valence-electron chi connectivity index (χ3n) is 4.18. The Morgan fingerprint density at radius 1 is 1.26 bits per heavy atom. The Labute approximate surface area is 137 Å². The van der Waals surface area contributed by atoms with Crippen molar-refractivity contribution in [2.24, 2.45) is 0 Å². The summed E-state index contributed by atoms with van der Waals surface area (Å²) in [7, 11) is 0. The average molecular weight is 319 g/mol. The average Bonchev–Trinajstić information content (AvgIpc) is 2.90. The monoisotopic (exact) mass is 319 g/mol. The zero-order chi connectivity index (χ0) is 16.6. The van der Waals surface area contributed by atoms with Gasteiger partial charge in [-0.1, -0.05) is 0 Å². The molecule has 6 heteroatoms. The zero-order valence-corrected chi connectivity index (χ0v) is 14.0. The third kappa shape index (κ3) is 3.52. The second kappa shape index (κ2) is 5.92. The van der Waals surface area contributed by atoms with Gasteiger partial charge in [-0.3, -0.25) is 0 Å². The first-order valence-corrected chi connectivity index (χ1v) is 8.05. The van der Waals surface area contributed by atoms with Gasteiger partial charge in [-0.05, 0) is 45.0 Å². The second-order valence-electron chi connectivity index (χ2n) is 7.15. The summed E-state index contributed by atoms with van der Waals surface area (Å²) in [4.78, 5) is 16.4. The van der Waals surface area contributed by atoms with Gasteiger partial charge in [0, 0.05) is 24.5 Å². The lowest BCUT2D eigenvalue weighted by atomic mass is 10.1. The maximum Gasteiger partial charge on any atom is 0.410 e. The van der Waals surface area contributed by atoms with Crippen LogP contribution in [-0.2, 0) is 9.47 Å². The molecule has 2 saturated heterocycles. The summed E-state index contributed by atoms with van der Waals surface area (Å²) in [5.74, 6) is 0. The summed E-state index contributed by atoms with van der Waals surface area (Å²) >= 11 is 0. The van der Waals surface area contributed by atoms with Gasteiger partial charge in [0.05, 0.1) is 25.3 Å². The zero-order valence-electron chi connectivity index (χ0n) is 14.0. The number of morpholine rings is 1. The van der Waals surface area contributed by atoms with E-state index in [1.54, 1.807) is 4.90 Å². The van der Waals surface area contributed by atoms with E-state index in [0.29, 0.717) is 19.7 Å². The summed E-state index contributed by atoms with van der Waals surface area (Å²) in [6, 6.07) is 8.00. The quantitative estimate of drug-likeness (QED) is 0.803. The van der Waals surface area contributed by atoms with Crippen molar-refractivity contribution in [3.8, 4) is 0 Å². The number of fused-ring (bicyclic) bond motifs is 1. The fraction of sp³-hybridized carbons (Fsp3) is 0.588. The molecule has 0 saturated carbocycles. The van der Waals surface area contributed by atoms with Crippen LogP contribution in [-0.4, -0.2) is 55.0 Å². The number of anilines is 2. The van der Waals surface area contributed by atoms with Gasteiger partial charge in [-0.15, -0.1) is 0 Å². The minimum atomic E-state index is -0.484. The number of hydrogen-bond donors (Lipinski definition) is 1. The summed E-state index contributed by atoms with van der Waals surface area (Å²) in [5, 5.41) is 0. The first-order chi connectivity index (χ1) is 10.8. The van der Waals surface area contributed by atoms with Gasteiger partial charge < -0.3 is 25.0 Å². The lowest BCUT2D eigenvalue weighted by Crippen LogP contribution is -2.51. The lowest BCUT2D eigenvalue weighted by molar-refractivity contribution is 0.0163. The Balaban J connectivity index is 1.72. The SMILES string of the molecule is CC(C)(C)OC(=O)N1CC2OCCN(c3ccc(N)cc3)C2C1. The number of amides is 1. The van der Waals surface area contributed by atoms with Gasteiger partial charge in [0.1, 0.15) is 5.60 Å². The number of benzene rings is 1. The van der Waals surface area contributed by atoms with Crippen molar-refractivity contribution in [1.29, 1.82) is 0 Å². The molecule has 0 radical (unpaired) electrons. The summed E-state index contributed by atoms with van der Waals surface area (Å²) in [6.45, 7) is 8.30. The molecule has 2 N–H and O–H groups in total. The molecule has 2 aliphatic heterocycles. The van der Waals surface area contributed by atoms with Crippen LogP contribution >= 0.6 is 0 Å². The van der Waals surface area contributed by atoms with E-state index in [0.717, 1.165) is 17.9 Å². The largest absolute Gasteiger partial charge is 0.444 e. The highest BCUT2D eigenvalue weighted by molar-refractivity contribution is 5.69. The highest BCUT2D eigenvalue weighted by atomic mass is 16.6. The summed E-state index contributed by atoms with van der Waals surface area (Å²) in [5.41, 5.74) is 7.15. The lowest BCUT2D eigenvalue weighted by Gasteiger charge is -2.38. The van der Waals surface area contributed by atoms with Crippen LogP contribution in [0.5, 0.6) is 0 Å². The van der Waals surface area contributed by atoms with E-state index in [9.17, 15) is 4.79 Å². The van der Waals surface area contributed by atoms with Gasteiger partial charge >= 0.3 is 6.09 Å². The molecule has 0 aliphatic carbocycles. The highest BCUT2D eigenvalue weighted by Crippen LogP contribution is 2.29. The number of nitrogens with two attached hydrogens (primary N) is 1. The molecule has 23 heavy (non-hydrogen) atoms. The maximum absolute atomic E-state index is 12.3. The van der Waals surface area contributed by atoms with Crippen molar-refractivity contribution in [3.05, 3.63) is 24.3 Å². The number of rotatable bonds is 1. The fourth-order valence-electron chi connectivity index (χ4n) is 3.15. The minimum absolute atomic E-state index is 0.0221. The minimum Gasteiger partial charge on any atom is -0.444 e. The molecule has 0 aromatic heterocycles. The normalized spacial score (nSPS) is 24.5. The molecule has 6 nitrogen and oxygen atoms in total. The number of ether oxygens (including phenoxy) is 2. The molecular formula is C17H25N3O3. The Hall–Kier alpha value is -1.95. The number of nitrogens with zero attached hydrogens (tertiary/aromatic N) is 2. The smallest absolute Gasteiger partial charge is 0.410 e. The van der Waals surface area contributed by atoms with Gasteiger partial charge in [-0.25, -0.2) is 4.79 Å². The molecule has 2 atom stereocenters. The van der Waals surface area contributed by atoms with Gasteiger partial charge in [0.2, 0.25) is 0 Å². The number of carbonyl (C=O) groups is 1.